The molecule has 0 heterocycles. The van der Waals surface area contributed by atoms with Crippen LogP contribution in [-0.2, 0) is 28.5 Å². The number of carbonyl (C=O) groups is 1. The molecule has 0 bridgehead atoms. The molecule has 0 aliphatic rings. The first-order chi connectivity index (χ1) is 14.1. The van der Waals surface area contributed by atoms with Crippen molar-refractivity contribution in [1.82, 2.24) is 0 Å². The first-order valence-corrected chi connectivity index (χ1v) is 9.62. The van der Waals surface area contributed by atoms with Gasteiger partial charge in [-0.15, -0.1) is 0 Å². The maximum Gasteiger partial charge on any atom is 0.332 e. The molecule has 1 rings (SSSR count). The number of carbonyl (C=O) groups excluding carboxylic acids is 1. The minimum Gasteiger partial charge on any atom is -0.493 e. The average Bonchev–Trinajstić information content (AvgIpc) is 2.68. The van der Waals surface area contributed by atoms with Crippen molar-refractivity contribution < 1.29 is 38.0 Å². The zero-order valence-corrected chi connectivity index (χ0v) is 17.6. The zero-order valence-electron chi connectivity index (χ0n) is 17.6. The van der Waals surface area contributed by atoms with E-state index in [1.165, 1.54) is 0 Å². The highest BCUT2D eigenvalue weighted by Gasteiger charge is 2.09. The van der Waals surface area contributed by atoms with Crippen LogP contribution in [0, 0.1) is 6.92 Å². The molecule has 2 N–H and O–H groups in total. The third kappa shape index (κ3) is 11.5. The van der Waals surface area contributed by atoms with Crippen molar-refractivity contribution in [1.29, 1.82) is 0 Å². The van der Waals surface area contributed by atoms with Crippen LogP contribution in [-0.4, -0.2) is 79.1 Å². The van der Waals surface area contributed by atoms with E-state index in [0.29, 0.717) is 76.6 Å². The van der Waals surface area contributed by atoms with Crippen LogP contribution in [0.1, 0.15) is 12.5 Å². The fraction of sp³-hybridized carbons (Fsp3) is 0.650. The Hall–Kier alpha value is -2.07. The van der Waals surface area contributed by atoms with Crippen molar-refractivity contribution >= 4 is 11.7 Å². The standard InChI is InChI=1S/C20H33NO8/c1-4-28-19(22)15-27-10-9-25-6-5-24-7-8-26-11-12-29-18-14-17(21)13-16(2)20(18)23-3/h13-14H,4-12,15,21H2,1-3H3. The van der Waals surface area contributed by atoms with Gasteiger partial charge in [0, 0.05) is 11.8 Å². The number of esters is 1. The van der Waals surface area contributed by atoms with Gasteiger partial charge in [0.1, 0.15) is 13.2 Å². The number of aryl methyl sites for hydroxylation is 1. The van der Waals surface area contributed by atoms with Gasteiger partial charge in [0.05, 0.1) is 60.0 Å². The Labute approximate surface area is 172 Å². The zero-order chi connectivity index (χ0) is 21.3. The third-order valence-corrected chi connectivity index (χ3v) is 3.59. The van der Waals surface area contributed by atoms with Crippen LogP contribution in [0.3, 0.4) is 0 Å². The first kappa shape index (κ1) is 25.0. The van der Waals surface area contributed by atoms with E-state index in [1.807, 2.05) is 13.0 Å². The highest BCUT2D eigenvalue weighted by Crippen LogP contribution is 2.33. The van der Waals surface area contributed by atoms with E-state index in [1.54, 1.807) is 20.1 Å². The predicted molar refractivity (Wildman–Crippen MR) is 108 cm³/mol. The largest absolute Gasteiger partial charge is 0.493 e. The number of ether oxygens (including phenoxy) is 7. The molecule has 0 amide bonds. The Bertz CT molecular complexity index is 582. The molecule has 9 nitrogen and oxygen atoms in total. The molecule has 1 aromatic carbocycles. The van der Waals surface area contributed by atoms with Gasteiger partial charge in [-0.05, 0) is 25.5 Å². The van der Waals surface area contributed by atoms with E-state index in [2.05, 4.69) is 0 Å². The number of benzene rings is 1. The second-order valence-corrected chi connectivity index (χ2v) is 5.91. The van der Waals surface area contributed by atoms with Gasteiger partial charge < -0.3 is 38.9 Å². The molecule has 0 radical (unpaired) electrons. The maximum absolute atomic E-state index is 11.0. The summed E-state index contributed by atoms with van der Waals surface area (Å²) in [4.78, 5) is 11.0. The number of methoxy groups -OCH3 is 1. The Morgan fingerprint density at radius 3 is 2.00 bits per heavy atom. The molecule has 1 aromatic rings. The number of nitrogens with two attached hydrogens (primary N) is 1. The Kier molecular flexibility index (Phi) is 13.6. The molecule has 0 saturated heterocycles. The normalized spacial score (nSPS) is 10.7. The lowest BCUT2D eigenvalue weighted by Gasteiger charge is -2.14. The van der Waals surface area contributed by atoms with Crippen molar-refractivity contribution in [3.63, 3.8) is 0 Å². The van der Waals surface area contributed by atoms with Crippen molar-refractivity contribution in [3.05, 3.63) is 17.7 Å². The van der Waals surface area contributed by atoms with Crippen LogP contribution in [0.25, 0.3) is 0 Å². The smallest absolute Gasteiger partial charge is 0.332 e. The molecule has 0 aromatic heterocycles. The minimum atomic E-state index is -0.372. The fourth-order valence-electron chi connectivity index (χ4n) is 2.37. The highest BCUT2D eigenvalue weighted by atomic mass is 16.6. The van der Waals surface area contributed by atoms with E-state index in [9.17, 15) is 4.79 Å². The van der Waals surface area contributed by atoms with E-state index < -0.39 is 0 Å². The van der Waals surface area contributed by atoms with Gasteiger partial charge in [-0.1, -0.05) is 0 Å². The molecule has 0 atom stereocenters. The second-order valence-electron chi connectivity index (χ2n) is 5.91. The summed E-state index contributed by atoms with van der Waals surface area (Å²) in [6.07, 6.45) is 0. The van der Waals surface area contributed by atoms with Gasteiger partial charge >= 0.3 is 5.97 Å². The van der Waals surface area contributed by atoms with Gasteiger partial charge in [-0.25, -0.2) is 4.79 Å². The number of hydrogen-bond donors (Lipinski definition) is 1. The molecule has 29 heavy (non-hydrogen) atoms. The van der Waals surface area contributed by atoms with Crippen LogP contribution in [0.5, 0.6) is 11.5 Å². The summed E-state index contributed by atoms with van der Waals surface area (Å²) in [5, 5.41) is 0. The van der Waals surface area contributed by atoms with Crippen molar-refractivity contribution in [3.8, 4) is 11.5 Å². The summed E-state index contributed by atoms with van der Waals surface area (Å²) >= 11 is 0. The lowest BCUT2D eigenvalue weighted by Crippen LogP contribution is -2.16. The summed E-state index contributed by atoms with van der Waals surface area (Å²) in [5.41, 5.74) is 7.38. The van der Waals surface area contributed by atoms with Crippen LogP contribution >= 0.6 is 0 Å². The van der Waals surface area contributed by atoms with Crippen LogP contribution in [0.2, 0.25) is 0 Å². The Morgan fingerprint density at radius 1 is 0.897 bits per heavy atom. The van der Waals surface area contributed by atoms with Gasteiger partial charge in [-0.3, -0.25) is 0 Å². The summed E-state index contributed by atoms with van der Waals surface area (Å²) in [5.74, 6) is 0.908. The summed E-state index contributed by atoms with van der Waals surface area (Å²) in [6, 6.07) is 3.57. The van der Waals surface area contributed by atoms with E-state index in [4.69, 9.17) is 38.9 Å². The number of anilines is 1. The topological polar surface area (TPSA) is 108 Å². The molecule has 0 fully saturated rings. The number of hydrogen-bond acceptors (Lipinski definition) is 9. The van der Waals surface area contributed by atoms with Gasteiger partial charge in [0.15, 0.2) is 11.5 Å². The molecule has 166 valence electrons. The first-order valence-electron chi connectivity index (χ1n) is 9.62. The van der Waals surface area contributed by atoms with E-state index in [-0.39, 0.29) is 12.6 Å². The molecule has 9 heteroatoms. The maximum atomic E-state index is 11.0. The quantitative estimate of drug-likeness (QED) is 0.230. The Balaban J connectivity index is 1.93. The molecular formula is C20H33NO8. The van der Waals surface area contributed by atoms with Crippen molar-refractivity contribution in [2.45, 2.75) is 13.8 Å². The fourth-order valence-corrected chi connectivity index (χ4v) is 2.37. The predicted octanol–water partition coefficient (Wildman–Crippen LogP) is 1.59. The SMILES string of the molecule is CCOC(=O)COCCOCCOCCOCCOc1cc(N)cc(C)c1OC. The number of rotatable bonds is 17. The minimum absolute atomic E-state index is 0.0567. The van der Waals surface area contributed by atoms with Crippen LogP contribution < -0.4 is 15.2 Å². The second kappa shape index (κ2) is 15.8. The van der Waals surface area contributed by atoms with Crippen molar-refractivity contribution in [2.75, 3.05) is 78.9 Å². The summed E-state index contributed by atoms with van der Waals surface area (Å²) in [7, 11) is 1.60. The van der Waals surface area contributed by atoms with E-state index in [0.717, 1.165) is 5.56 Å². The van der Waals surface area contributed by atoms with Gasteiger partial charge in [-0.2, -0.15) is 0 Å². The molecule has 0 spiro atoms. The average molecular weight is 415 g/mol. The molecule has 0 aliphatic heterocycles. The summed E-state index contributed by atoms with van der Waals surface area (Å²) in [6.45, 7) is 7.31. The number of nitrogen functional groups attached to an aromatic ring is 1. The lowest BCUT2D eigenvalue weighted by atomic mass is 10.2. The highest BCUT2D eigenvalue weighted by molar-refractivity contribution is 5.70. The molecular weight excluding hydrogens is 382 g/mol. The van der Waals surface area contributed by atoms with Crippen molar-refractivity contribution in [2.24, 2.45) is 0 Å². The lowest BCUT2D eigenvalue weighted by molar-refractivity contribution is -0.149. The van der Waals surface area contributed by atoms with Gasteiger partial charge in [0.2, 0.25) is 0 Å². The molecule has 0 unspecified atom stereocenters. The van der Waals surface area contributed by atoms with E-state index >= 15 is 0 Å². The summed E-state index contributed by atoms with van der Waals surface area (Å²) < 4.78 is 37.0. The van der Waals surface area contributed by atoms with Gasteiger partial charge in [0.25, 0.3) is 0 Å². The monoisotopic (exact) mass is 415 g/mol. The third-order valence-electron chi connectivity index (χ3n) is 3.59. The van der Waals surface area contributed by atoms with Crippen LogP contribution in [0.4, 0.5) is 5.69 Å². The molecule has 0 aliphatic carbocycles. The molecule has 0 saturated carbocycles. The van der Waals surface area contributed by atoms with Crippen LogP contribution in [0.15, 0.2) is 12.1 Å². The Morgan fingerprint density at radius 2 is 1.45 bits per heavy atom.